The molecule has 0 rings (SSSR count). The molecule has 1 unspecified atom stereocenters. The first-order chi connectivity index (χ1) is 5.57. The van der Waals surface area contributed by atoms with Crippen molar-refractivity contribution in [1.82, 2.24) is 0 Å². The van der Waals surface area contributed by atoms with Crippen LogP contribution in [0.1, 0.15) is 40.0 Å². The van der Waals surface area contributed by atoms with E-state index in [1.54, 1.807) is 0 Å². The largest absolute Gasteiger partial charge is 0.478 e. The minimum atomic E-state index is -0.837. The highest BCUT2D eigenvalue weighted by Gasteiger charge is 2.04. The highest BCUT2D eigenvalue weighted by atomic mass is 16.4. The van der Waals surface area contributed by atoms with Gasteiger partial charge in [-0.3, -0.25) is 0 Å². The molecule has 0 aliphatic heterocycles. The topological polar surface area (TPSA) is 37.3 Å². The summed E-state index contributed by atoms with van der Waals surface area (Å²) in [5.41, 5.74) is 0.968. The second-order valence-electron chi connectivity index (χ2n) is 3.27. The summed E-state index contributed by atoms with van der Waals surface area (Å²) in [6.45, 7) is 6.10. The number of hydrogen-bond donors (Lipinski definition) is 1. The quantitative estimate of drug-likeness (QED) is 0.644. The third-order valence-corrected chi connectivity index (χ3v) is 2.12. The van der Waals surface area contributed by atoms with Crippen molar-refractivity contribution >= 4 is 5.97 Å². The smallest absolute Gasteiger partial charge is 0.328 e. The minimum absolute atomic E-state index is 0.404. The molecule has 0 fully saturated rings. The zero-order chi connectivity index (χ0) is 9.56. The lowest BCUT2D eigenvalue weighted by molar-refractivity contribution is -0.131. The van der Waals surface area contributed by atoms with Crippen LogP contribution in [0.3, 0.4) is 0 Å². The van der Waals surface area contributed by atoms with Crippen molar-refractivity contribution < 1.29 is 9.90 Å². The Labute approximate surface area is 74.3 Å². The standard InChI is InChI=1S/C10H18O2/c1-4-5-6-8(2)9(3)7-10(11)12/h7-8H,4-6H2,1-3H3,(H,11,12)/b9-7+. The van der Waals surface area contributed by atoms with E-state index in [4.69, 9.17) is 5.11 Å². The second kappa shape index (κ2) is 5.81. The molecule has 70 valence electrons. The summed E-state index contributed by atoms with van der Waals surface area (Å²) >= 11 is 0. The third kappa shape index (κ3) is 4.94. The Bertz CT molecular complexity index is 171. The monoisotopic (exact) mass is 170 g/mol. The Morgan fingerprint density at radius 3 is 2.58 bits per heavy atom. The highest BCUT2D eigenvalue weighted by Crippen LogP contribution is 2.16. The summed E-state index contributed by atoms with van der Waals surface area (Å²) in [6.07, 6.45) is 4.74. The lowest BCUT2D eigenvalue weighted by Gasteiger charge is -2.09. The summed E-state index contributed by atoms with van der Waals surface area (Å²) in [5, 5.41) is 8.48. The average molecular weight is 170 g/mol. The molecule has 0 heterocycles. The number of aliphatic carboxylic acids is 1. The molecule has 0 aliphatic carbocycles. The molecule has 0 radical (unpaired) electrons. The molecule has 0 spiro atoms. The van der Waals surface area contributed by atoms with Crippen LogP contribution < -0.4 is 0 Å². The first-order valence-electron chi connectivity index (χ1n) is 4.49. The number of allylic oxidation sites excluding steroid dienone is 1. The average Bonchev–Trinajstić information content (AvgIpc) is 1.98. The van der Waals surface area contributed by atoms with Gasteiger partial charge in [-0.05, 0) is 19.3 Å². The highest BCUT2D eigenvalue weighted by molar-refractivity contribution is 5.80. The van der Waals surface area contributed by atoms with Crippen LogP contribution in [0.4, 0.5) is 0 Å². The van der Waals surface area contributed by atoms with E-state index in [1.807, 2.05) is 6.92 Å². The zero-order valence-electron chi connectivity index (χ0n) is 8.13. The molecule has 2 nitrogen and oxygen atoms in total. The van der Waals surface area contributed by atoms with Crippen LogP contribution in [0.2, 0.25) is 0 Å². The van der Waals surface area contributed by atoms with Gasteiger partial charge in [-0.2, -0.15) is 0 Å². The van der Waals surface area contributed by atoms with Crippen molar-refractivity contribution in [2.45, 2.75) is 40.0 Å². The summed E-state index contributed by atoms with van der Waals surface area (Å²) in [5.74, 6) is -0.433. The number of unbranched alkanes of at least 4 members (excludes halogenated alkanes) is 1. The minimum Gasteiger partial charge on any atom is -0.478 e. The van der Waals surface area contributed by atoms with Gasteiger partial charge in [-0.25, -0.2) is 4.79 Å². The molecule has 0 bridgehead atoms. The van der Waals surface area contributed by atoms with Gasteiger partial charge in [0.05, 0.1) is 0 Å². The second-order valence-corrected chi connectivity index (χ2v) is 3.27. The molecule has 0 aliphatic rings. The van der Waals surface area contributed by atoms with Gasteiger partial charge in [0, 0.05) is 6.08 Å². The van der Waals surface area contributed by atoms with Crippen molar-refractivity contribution in [2.24, 2.45) is 5.92 Å². The maximum Gasteiger partial charge on any atom is 0.328 e. The Morgan fingerprint density at radius 1 is 1.58 bits per heavy atom. The van der Waals surface area contributed by atoms with E-state index in [9.17, 15) is 4.79 Å². The summed E-state index contributed by atoms with van der Waals surface area (Å²) < 4.78 is 0. The SMILES string of the molecule is CCCCC(C)/C(C)=C/C(=O)O. The van der Waals surface area contributed by atoms with E-state index in [1.165, 1.54) is 18.9 Å². The molecule has 12 heavy (non-hydrogen) atoms. The summed E-state index contributed by atoms with van der Waals surface area (Å²) in [7, 11) is 0. The van der Waals surface area contributed by atoms with Crippen molar-refractivity contribution in [2.75, 3.05) is 0 Å². The van der Waals surface area contributed by atoms with E-state index in [0.717, 1.165) is 12.0 Å². The lowest BCUT2D eigenvalue weighted by atomic mass is 9.96. The molecular weight excluding hydrogens is 152 g/mol. The molecule has 0 aromatic heterocycles. The molecule has 1 N–H and O–H groups in total. The fraction of sp³-hybridized carbons (Fsp3) is 0.700. The molecule has 0 amide bonds. The normalized spacial score (nSPS) is 14.4. The van der Waals surface area contributed by atoms with Crippen LogP contribution in [0.15, 0.2) is 11.6 Å². The van der Waals surface area contributed by atoms with Gasteiger partial charge >= 0.3 is 5.97 Å². The maximum absolute atomic E-state index is 10.3. The molecule has 0 aromatic carbocycles. The van der Waals surface area contributed by atoms with Crippen LogP contribution >= 0.6 is 0 Å². The van der Waals surface area contributed by atoms with Crippen molar-refractivity contribution in [3.05, 3.63) is 11.6 Å². The summed E-state index contributed by atoms with van der Waals surface area (Å²) in [4.78, 5) is 10.3. The first-order valence-corrected chi connectivity index (χ1v) is 4.49. The third-order valence-electron chi connectivity index (χ3n) is 2.12. The van der Waals surface area contributed by atoms with Gasteiger partial charge in [-0.15, -0.1) is 0 Å². The van der Waals surface area contributed by atoms with E-state index in [-0.39, 0.29) is 0 Å². The van der Waals surface area contributed by atoms with Crippen LogP contribution in [-0.4, -0.2) is 11.1 Å². The molecule has 0 saturated heterocycles. The summed E-state index contributed by atoms with van der Waals surface area (Å²) in [6, 6.07) is 0. The number of carboxylic acid groups (broad SMARTS) is 1. The first kappa shape index (κ1) is 11.2. The number of hydrogen-bond acceptors (Lipinski definition) is 1. The van der Waals surface area contributed by atoms with Crippen molar-refractivity contribution in [1.29, 1.82) is 0 Å². The Hall–Kier alpha value is -0.790. The maximum atomic E-state index is 10.3. The molecular formula is C10H18O2. The van der Waals surface area contributed by atoms with Crippen LogP contribution in [0.25, 0.3) is 0 Å². The Kier molecular flexibility index (Phi) is 5.43. The number of carbonyl (C=O) groups is 1. The Balaban J connectivity index is 3.91. The molecule has 2 heteroatoms. The molecule has 1 atom stereocenters. The van der Waals surface area contributed by atoms with Gasteiger partial charge < -0.3 is 5.11 Å². The van der Waals surface area contributed by atoms with Gasteiger partial charge in [-0.1, -0.05) is 32.3 Å². The Morgan fingerprint density at radius 2 is 2.17 bits per heavy atom. The lowest BCUT2D eigenvalue weighted by Crippen LogP contribution is -1.99. The van der Waals surface area contributed by atoms with Gasteiger partial charge in [0.1, 0.15) is 0 Å². The predicted octanol–water partition coefficient (Wildman–Crippen LogP) is 2.84. The molecule has 0 saturated carbocycles. The van der Waals surface area contributed by atoms with Crippen molar-refractivity contribution in [3.8, 4) is 0 Å². The zero-order valence-corrected chi connectivity index (χ0v) is 8.13. The van der Waals surface area contributed by atoms with Crippen LogP contribution in [-0.2, 0) is 4.79 Å². The van der Waals surface area contributed by atoms with Crippen molar-refractivity contribution in [3.63, 3.8) is 0 Å². The van der Waals surface area contributed by atoms with Gasteiger partial charge in [0.15, 0.2) is 0 Å². The fourth-order valence-corrected chi connectivity index (χ4v) is 1.08. The number of carboxylic acids is 1. The van der Waals surface area contributed by atoms with Crippen LogP contribution in [0.5, 0.6) is 0 Å². The van der Waals surface area contributed by atoms with E-state index in [2.05, 4.69) is 13.8 Å². The van der Waals surface area contributed by atoms with Gasteiger partial charge in [0.25, 0.3) is 0 Å². The van der Waals surface area contributed by atoms with E-state index in [0.29, 0.717) is 5.92 Å². The molecule has 0 aromatic rings. The fourth-order valence-electron chi connectivity index (χ4n) is 1.08. The van der Waals surface area contributed by atoms with E-state index >= 15 is 0 Å². The number of rotatable bonds is 5. The van der Waals surface area contributed by atoms with Crippen LogP contribution in [0, 0.1) is 5.92 Å². The predicted molar refractivity (Wildman–Crippen MR) is 50.1 cm³/mol. The van der Waals surface area contributed by atoms with Gasteiger partial charge in [0.2, 0.25) is 0 Å². The van der Waals surface area contributed by atoms with E-state index < -0.39 is 5.97 Å².